The van der Waals surface area contributed by atoms with Gasteiger partial charge in [0.25, 0.3) is 5.91 Å². The average Bonchev–Trinajstić information content (AvgIpc) is 3.16. The van der Waals surface area contributed by atoms with Gasteiger partial charge in [0, 0.05) is 23.7 Å². The topological polar surface area (TPSA) is 84.5 Å². The molecule has 2 N–H and O–H groups in total. The SMILES string of the molecule is O=C(Nc1ccc(S(=O)(=O)NC[C@H]2CCCO2)cc1F)c1ccc(Cl)cc1. The number of carbonyl (C=O) groups is 1. The average molecular weight is 413 g/mol. The van der Waals surface area contributed by atoms with Gasteiger partial charge in [-0.25, -0.2) is 17.5 Å². The molecule has 1 saturated heterocycles. The van der Waals surface area contributed by atoms with E-state index in [2.05, 4.69) is 10.0 Å². The fourth-order valence-corrected chi connectivity index (χ4v) is 3.86. The Hall–Kier alpha value is -2.00. The van der Waals surface area contributed by atoms with Gasteiger partial charge >= 0.3 is 0 Å². The lowest BCUT2D eigenvalue weighted by Crippen LogP contribution is -2.31. The number of nitrogens with one attached hydrogen (secondary N) is 2. The maximum absolute atomic E-state index is 14.3. The van der Waals surface area contributed by atoms with Crippen LogP contribution in [0, 0.1) is 5.82 Å². The third-order valence-corrected chi connectivity index (χ3v) is 5.80. The van der Waals surface area contributed by atoms with E-state index in [4.69, 9.17) is 16.3 Å². The van der Waals surface area contributed by atoms with Crippen LogP contribution < -0.4 is 10.0 Å². The zero-order valence-corrected chi connectivity index (χ0v) is 15.8. The van der Waals surface area contributed by atoms with Crippen LogP contribution in [0.1, 0.15) is 23.2 Å². The highest BCUT2D eigenvalue weighted by Crippen LogP contribution is 2.21. The summed E-state index contributed by atoms with van der Waals surface area (Å²) in [5.74, 6) is -1.38. The van der Waals surface area contributed by atoms with Crippen molar-refractivity contribution in [3.05, 3.63) is 58.9 Å². The van der Waals surface area contributed by atoms with Crippen LogP contribution in [0.3, 0.4) is 0 Å². The van der Waals surface area contributed by atoms with Crippen LogP contribution in [0.15, 0.2) is 47.4 Å². The standard InChI is InChI=1S/C18H18ClFN2O4S/c19-13-5-3-12(4-6-13)18(23)22-17-8-7-15(10-16(17)20)27(24,25)21-11-14-2-1-9-26-14/h3-8,10,14,21H,1-2,9,11H2,(H,22,23)/t14-/m1/s1. The second-order valence-electron chi connectivity index (χ2n) is 6.09. The maximum atomic E-state index is 14.3. The molecule has 3 rings (SSSR count). The molecule has 0 aliphatic carbocycles. The van der Waals surface area contributed by atoms with Crippen LogP contribution in [0.2, 0.25) is 5.02 Å². The van der Waals surface area contributed by atoms with Gasteiger partial charge in [-0.3, -0.25) is 4.79 Å². The predicted octanol–water partition coefficient (Wildman–Crippen LogP) is 3.19. The fourth-order valence-electron chi connectivity index (χ4n) is 2.65. The number of halogens is 2. The zero-order valence-electron chi connectivity index (χ0n) is 14.2. The lowest BCUT2D eigenvalue weighted by Gasteiger charge is -2.12. The highest BCUT2D eigenvalue weighted by atomic mass is 35.5. The van der Waals surface area contributed by atoms with Crippen molar-refractivity contribution in [3.63, 3.8) is 0 Å². The number of hydrogen-bond donors (Lipinski definition) is 2. The Labute approximate surface area is 161 Å². The minimum Gasteiger partial charge on any atom is -0.377 e. The molecule has 0 radical (unpaired) electrons. The molecule has 0 bridgehead atoms. The molecule has 144 valence electrons. The number of carbonyl (C=O) groups excluding carboxylic acids is 1. The monoisotopic (exact) mass is 412 g/mol. The Kier molecular flexibility index (Phi) is 6.11. The van der Waals surface area contributed by atoms with Gasteiger partial charge in [0.05, 0.1) is 16.7 Å². The highest BCUT2D eigenvalue weighted by Gasteiger charge is 2.21. The first-order valence-corrected chi connectivity index (χ1v) is 10.2. The molecule has 0 unspecified atom stereocenters. The molecule has 0 saturated carbocycles. The van der Waals surface area contributed by atoms with Crippen molar-refractivity contribution in [3.8, 4) is 0 Å². The second kappa shape index (κ2) is 8.35. The zero-order chi connectivity index (χ0) is 19.4. The van der Waals surface area contributed by atoms with Gasteiger partial charge < -0.3 is 10.1 Å². The summed E-state index contributed by atoms with van der Waals surface area (Å²) in [7, 11) is -3.87. The van der Waals surface area contributed by atoms with Gasteiger partial charge in [0.1, 0.15) is 5.82 Å². The summed E-state index contributed by atoms with van der Waals surface area (Å²) in [6, 6.07) is 9.41. The third kappa shape index (κ3) is 5.04. The molecule has 6 nitrogen and oxygen atoms in total. The van der Waals surface area contributed by atoms with Crippen molar-refractivity contribution in [2.45, 2.75) is 23.8 Å². The maximum Gasteiger partial charge on any atom is 0.255 e. The first kappa shape index (κ1) is 19.8. The van der Waals surface area contributed by atoms with Crippen molar-refractivity contribution < 1.29 is 22.3 Å². The number of benzene rings is 2. The normalized spacial score (nSPS) is 17.0. The quantitative estimate of drug-likeness (QED) is 0.763. The first-order valence-electron chi connectivity index (χ1n) is 8.33. The third-order valence-electron chi connectivity index (χ3n) is 4.13. The molecule has 1 aliphatic heterocycles. The Bertz CT molecular complexity index is 929. The van der Waals surface area contributed by atoms with E-state index >= 15 is 0 Å². The van der Waals surface area contributed by atoms with Gasteiger partial charge in [0.2, 0.25) is 10.0 Å². The van der Waals surface area contributed by atoms with Crippen LogP contribution >= 0.6 is 11.6 Å². The summed E-state index contributed by atoms with van der Waals surface area (Å²) in [6.07, 6.45) is 1.51. The second-order valence-corrected chi connectivity index (χ2v) is 8.29. The number of sulfonamides is 1. The van der Waals surface area contributed by atoms with Gasteiger partial charge in [-0.1, -0.05) is 11.6 Å². The molecular formula is C18H18ClFN2O4S. The molecule has 0 aromatic heterocycles. The van der Waals surface area contributed by atoms with Crippen molar-refractivity contribution >= 4 is 33.2 Å². The Morgan fingerprint density at radius 2 is 1.96 bits per heavy atom. The number of ether oxygens (including phenoxy) is 1. The van der Waals surface area contributed by atoms with E-state index in [9.17, 15) is 17.6 Å². The van der Waals surface area contributed by atoms with Crippen molar-refractivity contribution in [1.29, 1.82) is 0 Å². The molecule has 1 fully saturated rings. The molecule has 2 aromatic rings. The van der Waals surface area contributed by atoms with Gasteiger partial charge in [-0.05, 0) is 55.3 Å². The summed E-state index contributed by atoms with van der Waals surface area (Å²) in [5.41, 5.74) is 0.182. The summed E-state index contributed by atoms with van der Waals surface area (Å²) in [6.45, 7) is 0.752. The summed E-state index contributed by atoms with van der Waals surface area (Å²) in [5, 5.41) is 2.88. The molecular weight excluding hydrogens is 395 g/mol. The van der Waals surface area contributed by atoms with Gasteiger partial charge in [-0.15, -0.1) is 0 Å². The smallest absolute Gasteiger partial charge is 0.255 e. The minimum atomic E-state index is -3.87. The number of rotatable bonds is 6. The first-order chi connectivity index (χ1) is 12.8. The molecule has 27 heavy (non-hydrogen) atoms. The van der Waals surface area contributed by atoms with Crippen LogP contribution in [0.4, 0.5) is 10.1 Å². The molecule has 1 aliphatic rings. The number of hydrogen-bond acceptors (Lipinski definition) is 4. The van der Waals surface area contributed by atoms with E-state index in [1.807, 2.05) is 0 Å². The summed E-state index contributed by atoms with van der Waals surface area (Å²) < 4.78 is 46.7. The fraction of sp³-hybridized carbons (Fsp3) is 0.278. The largest absolute Gasteiger partial charge is 0.377 e. The van der Waals surface area contributed by atoms with E-state index in [0.29, 0.717) is 17.2 Å². The van der Waals surface area contributed by atoms with Crippen LogP contribution in [0.25, 0.3) is 0 Å². The van der Waals surface area contributed by atoms with Crippen LogP contribution in [0.5, 0.6) is 0 Å². The van der Waals surface area contributed by atoms with Crippen molar-refractivity contribution in [1.82, 2.24) is 4.72 Å². The number of amides is 1. The summed E-state index contributed by atoms with van der Waals surface area (Å²) in [4.78, 5) is 11.9. The van der Waals surface area contributed by atoms with Crippen molar-refractivity contribution in [2.24, 2.45) is 0 Å². The van der Waals surface area contributed by atoms with Crippen molar-refractivity contribution in [2.75, 3.05) is 18.5 Å². The Morgan fingerprint density at radius 1 is 1.22 bits per heavy atom. The van der Waals surface area contributed by atoms with Crippen LogP contribution in [-0.4, -0.2) is 33.6 Å². The summed E-state index contributed by atoms with van der Waals surface area (Å²) >= 11 is 5.77. The van der Waals surface area contributed by atoms with E-state index in [0.717, 1.165) is 18.9 Å². The molecule has 1 heterocycles. The molecule has 9 heteroatoms. The van der Waals surface area contributed by atoms with E-state index in [-0.39, 0.29) is 23.2 Å². The lowest BCUT2D eigenvalue weighted by molar-refractivity contribution is 0.102. The minimum absolute atomic E-state index is 0.118. The Balaban J connectivity index is 1.69. The molecule has 1 amide bonds. The van der Waals surface area contributed by atoms with Crippen LogP contribution in [-0.2, 0) is 14.8 Å². The lowest BCUT2D eigenvalue weighted by atomic mass is 10.2. The molecule has 1 atom stereocenters. The predicted molar refractivity (Wildman–Crippen MR) is 100.0 cm³/mol. The van der Waals surface area contributed by atoms with Gasteiger partial charge in [-0.2, -0.15) is 0 Å². The Morgan fingerprint density at radius 3 is 2.59 bits per heavy atom. The van der Waals surface area contributed by atoms with Gasteiger partial charge in [0.15, 0.2) is 0 Å². The molecule has 0 spiro atoms. The number of anilines is 1. The van der Waals surface area contributed by atoms with E-state index in [1.165, 1.54) is 24.3 Å². The molecule has 2 aromatic carbocycles. The highest BCUT2D eigenvalue weighted by molar-refractivity contribution is 7.89. The van der Waals surface area contributed by atoms with E-state index in [1.54, 1.807) is 12.1 Å². The van der Waals surface area contributed by atoms with E-state index < -0.39 is 21.7 Å².